The number of anilines is 4. The first-order chi connectivity index (χ1) is 19.3. The Labute approximate surface area is 231 Å². The van der Waals surface area contributed by atoms with Crippen molar-refractivity contribution in [2.75, 3.05) is 34.8 Å². The number of Topliss-reactive ketones (excluding diaryl/α,β-unsaturated/α-hetero) is 1. The highest BCUT2D eigenvalue weighted by Crippen LogP contribution is 2.20. The molecule has 0 saturated heterocycles. The first-order valence-electron chi connectivity index (χ1n) is 12.4. The number of carbonyl (C=O) groups excluding carboxylic acids is 2. The molecule has 2 heterocycles. The molecule has 1 aromatic heterocycles. The van der Waals surface area contributed by atoms with Crippen LogP contribution < -0.4 is 38.3 Å². The van der Waals surface area contributed by atoms with E-state index in [2.05, 4.69) is 31.2 Å². The second-order valence-corrected chi connectivity index (χ2v) is 9.29. The Balaban J connectivity index is 1.58. The SMILES string of the molecule is Nc1nc2c(c(=O)[nH]1)NC(CNc1ccc(C(=O)N[C@@H](CC(C(=O)O)C(=O)[C@@H](N)CCC(=O)O)C(=O)O)cc1)CN2. The van der Waals surface area contributed by atoms with E-state index in [0.29, 0.717) is 24.6 Å². The third-order valence-corrected chi connectivity index (χ3v) is 6.25. The number of hydrogen-bond donors (Lipinski definition) is 10. The smallest absolute Gasteiger partial charge is 0.326 e. The molecule has 1 aliphatic heterocycles. The van der Waals surface area contributed by atoms with Crippen molar-refractivity contribution >= 4 is 52.7 Å². The number of nitrogens with zero attached hydrogens (tertiary/aromatic N) is 1. The van der Waals surface area contributed by atoms with Crippen molar-refractivity contribution in [2.24, 2.45) is 11.7 Å². The quantitative estimate of drug-likeness (QED) is 0.117. The minimum absolute atomic E-state index is 0.00852. The van der Waals surface area contributed by atoms with Crippen molar-refractivity contribution in [3.8, 4) is 0 Å². The van der Waals surface area contributed by atoms with Gasteiger partial charge in [-0.3, -0.25) is 29.0 Å². The number of aromatic nitrogens is 2. The lowest BCUT2D eigenvalue weighted by Gasteiger charge is -2.27. The van der Waals surface area contributed by atoms with Crippen LogP contribution in [-0.2, 0) is 19.2 Å². The van der Waals surface area contributed by atoms with E-state index in [1.54, 1.807) is 12.1 Å². The molecule has 1 aromatic carbocycles. The van der Waals surface area contributed by atoms with Crippen LogP contribution in [0.3, 0.4) is 0 Å². The zero-order valence-corrected chi connectivity index (χ0v) is 21.5. The Morgan fingerprint density at radius 2 is 1.76 bits per heavy atom. The topological polar surface area (TPSA) is 292 Å². The molecule has 0 radical (unpaired) electrons. The van der Waals surface area contributed by atoms with E-state index in [0.717, 1.165) is 0 Å². The van der Waals surface area contributed by atoms with Crippen LogP contribution in [0.4, 0.5) is 23.1 Å². The van der Waals surface area contributed by atoms with Gasteiger partial charge in [-0.15, -0.1) is 0 Å². The van der Waals surface area contributed by atoms with Crippen LogP contribution in [0.1, 0.15) is 29.6 Å². The first kappa shape index (κ1) is 30.4. The van der Waals surface area contributed by atoms with Crippen LogP contribution in [0.2, 0.25) is 0 Å². The molecule has 17 nitrogen and oxygen atoms in total. The van der Waals surface area contributed by atoms with Gasteiger partial charge in [-0.25, -0.2) is 4.79 Å². The number of benzene rings is 1. The van der Waals surface area contributed by atoms with Gasteiger partial charge in [-0.1, -0.05) is 0 Å². The standard InChI is InChI=1S/C24H30N8O9/c25-14(5-6-16(33)34)18(35)13(22(38)39)7-15(23(40)41)30-20(36)10-1-3-11(4-2-10)27-8-12-9-28-19-17(29-12)21(37)32-24(26)31-19/h1-4,12-15,27,29H,5-9,25H2,(H,30,36)(H,33,34)(H,38,39)(H,40,41)(H4,26,28,31,32,37)/t12?,13?,14-,15-/m0/s1. The highest BCUT2D eigenvalue weighted by atomic mass is 16.4. The fraction of sp³-hybridized carbons (Fsp3) is 0.375. The zero-order valence-electron chi connectivity index (χ0n) is 21.5. The molecular formula is C24H30N8O9. The number of nitrogens with two attached hydrogens (primary N) is 2. The fourth-order valence-electron chi connectivity index (χ4n) is 4.05. The predicted octanol–water partition coefficient (Wildman–Crippen LogP) is -1.29. The number of nitrogen functional groups attached to an aromatic ring is 1. The van der Waals surface area contributed by atoms with Gasteiger partial charge in [0.15, 0.2) is 11.6 Å². The van der Waals surface area contributed by atoms with Crippen LogP contribution in [0, 0.1) is 5.92 Å². The Hall–Kier alpha value is -5.19. The number of carboxylic acid groups (broad SMARTS) is 3. The molecular weight excluding hydrogens is 544 g/mol. The second kappa shape index (κ2) is 13.2. The third kappa shape index (κ3) is 8.15. The molecule has 17 heteroatoms. The van der Waals surface area contributed by atoms with E-state index in [1.165, 1.54) is 12.1 Å². The van der Waals surface area contributed by atoms with Gasteiger partial charge in [0.2, 0.25) is 5.95 Å². The van der Waals surface area contributed by atoms with Crippen LogP contribution in [0.25, 0.3) is 0 Å². The summed E-state index contributed by atoms with van der Waals surface area (Å²) in [5.41, 5.74) is 11.7. The van der Waals surface area contributed by atoms with Gasteiger partial charge in [-0.2, -0.15) is 4.98 Å². The van der Waals surface area contributed by atoms with Crippen molar-refractivity contribution in [3.63, 3.8) is 0 Å². The summed E-state index contributed by atoms with van der Waals surface area (Å²) < 4.78 is 0. The van der Waals surface area contributed by atoms with E-state index in [-0.39, 0.29) is 29.7 Å². The van der Waals surface area contributed by atoms with E-state index in [4.69, 9.17) is 16.6 Å². The highest BCUT2D eigenvalue weighted by Gasteiger charge is 2.36. The molecule has 41 heavy (non-hydrogen) atoms. The monoisotopic (exact) mass is 574 g/mol. The minimum Gasteiger partial charge on any atom is -0.481 e. The lowest BCUT2D eigenvalue weighted by atomic mass is 9.90. The molecule has 1 aliphatic rings. The maximum absolute atomic E-state index is 12.7. The van der Waals surface area contributed by atoms with E-state index in [9.17, 15) is 39.0 Å². The Kier molecular flexibility index (Phi) is 9.81. The number of aromatic amines is 1. The number of hydrogen-bond acceptors (Lipinski definition) is 12. The number of amides is 1. The lowest BCUT2D eigenvalue weighted by Crippen LogP contribution is -2.47. The molecule has 12 N–H and O–H groups in total. The van der Waals surface area contributed by atoms with Crippen LogP contribution >= 0.6 is 0 Å². The van der Waals surface area contributed by atoms with E-state index in [1.807, 2.05) is 0 Å². The Morgan fingerprint density at radius 3 is 2.37 bits per heavy atom. The summed E-state index contributed by atoms with van der Waals surface area (Å²) in [4.78, 5) is 77.8. The summed E-state index contributed by atoms with van der Waals surface area (Å²) in [6, 6.07) is 2.59. The molecule has 0 spiro atoms. The second-order valence-electron chi connectivity index (χ2n) is 9.29. The zero-order chi connectivity index (χ0) is 30.3. The molecule has 0 bridgehead atoms. The molecule has 4 atom stereocenters. The number of carboxylic acids is 3. The summed E-state index contributed by atoms with van der Waals surface area (Å²) in [7, 11) is 0. The van der Waals surface area contributed by atoms with Crippen LogP contribution in [0.5, 0.6) is 0 Å². The maximum Gasteiger partial charge on any atom is 0.326 e. The molecule has 0 saturated carbocycles. The van der Waals surface area contributed by atoms with E-state index >= 15 is 0 Å². The fourth-order valence-corrected chi connectivity index (χ4v) is 4.05. The highest BCUT2D eigenvalue weighted by molar-refractivity contribution is 6.02. The molecule has 220 valence electrons. The summed E-state index contributed by atoms with van der Waals surface area (Å²) >= 11 is 0. The van der Waals surface area contributed by atoms with Gasteiger partial charge in [0.25, 0.3) is 11.5 Å². The van der Waals surface area contributed by atoms with Crippen LogP contribution in [-0.4, -0.2) is 86.1 Å². The van der Waals surface area contributed by atoms with Crippen molar-refractivity contribution in [2.45, 2.75) is 37.4 Å². The average Bonchev–Trinajstić information content (AvgIpc) is 2.92. The third-order valence-electron chi connectivity index (χ3n) is 6.25. The number of ketones is 1. The number of rotatable bonds is 14. The number of nitrogens with one attached hydrogen (secondary N) is 5. The summed E-state index contributed by atoms with van der Waals surface area (Å²) in [6.07, 6.45) is -1.59. The van der Waals surface area contributed by atoms with E-state index < -0.39 is 66.0 Å². The van der Waals surface area contributed by atoms with Gasteiger partial charge in [-0.05, 0) is 37.1 Å². The van der Waals surface area contributed by atoms with Crippen molar-refractivity contribution in [1.29, 1.82) is 0 Å². The number of fused-ring (bicyclic) bond motifs is 1. The van der Waals surface area contributed by atoms with Gasteiger partial charge < -0.3 is 48.1 Å². The number of aliphatic carboxylic acids is 3. The molecule has 2 aromatic rings. The largest absolute Gasteiger partial charge is 0.481 e. The summed E-state index contributed by atoms with van der Waals surface area (Å²) in [5, 5.41) is 39.2. The molecule has 0 aliphatic carbocycles. The molecule has 0 fully saturated rings. The minimum atomic E-state index is -1.87. The Bertz CT molecular complexity index is 1380. The summed E-state index contributed by atoms with van der Waals surface area (Å²) in [6.45, 7) is 0.819. The average molecular weight is 575 g/mol. The Morgan fingerprint density at radius 1 is 1.07 bits per heavy atom. The van der Waals surface area contributed by atoms with Gasteiger partial charge in [0, 0.05) is 30.8 Å². The van der Waals surface area contributed by atoms with Crippen molar-refractivity contribution < 1.29 is 39.3 Å². The van der Waals surface area contributed by atoms with Crippen LogP contribution in [0.15, 0.2) is 29.1 Å². The summed E-state index contributed by atoms with van der Waals surface area (Å²) in [5.74, 6) is -7.84. The van der Waals surface area contributed by atoms with Crippen molar-refractivity contribution in [3.05, 3.63) is 40.2 Å². The van der Waals surface area contributed by atoms with Gasteiger partial charge in [0.1, 0.15) is 17.6 Å². The van der Waals surface area contributed by atoms with Gasteiger partial charge in [0.05, 0.1) is 12.1 Å². The first-order valence-corrected chi connectivity index (χ1v) is 12.4. The number of H-pyrrole nitrogens is 1. The van der Waals surface area contributed by atoms with Gasteiger partial charge >= 0.3 is 17.9 Å². The normalized spacial score (nSPS) is 16.1. The number of carbonyl (C=O) groups is 5. The molecule has 1 amide bonds. The van der Waals surface area contributed by atoms with Crippen molar-refractivity contribution in [1.82, 2.24) is 15.3 Å². The predicted molar refractivity (Wildman–Crippen MR) is 145 cm³/mol. The maximum atomic E-state index is 12.7. The molecule has 2 unspecified atom stereocenters. The lowest BCUT2D eigenvalue weighted by molar-refractivity contribution is -0.148. The molecule has 3 rings (SSSR count).